The molecule has 2 saturated heterocycles. The van der Waals surface area contributed by atoms with Crippen LogP contribution in [0.5, 0.6) is 0 Å². The minimum Gasteiger partial charge on any atom is -0.337 e. The molecule has 4 nitrogen and oxygen atoms in total. The number of carbonyl (C=O) groups is 1. The van der Waals surface area contributed by atoms with Crippen molar-refractivity contribution in [3.63, 3.8) is 0 Å². The van der Waals surface area contributed by atoms with Crippen LogP contribution in [-0.2, 0) is 4.79 Å². The lowest BCUT2D eigenvalue weighted by atomic mass is 10.00. The molecule has 0 aromatic heterocycles. The third-order valence-corrected chi connectivity index (χ3v) is 2.42. The Morgan fingerprint density at radius 2 is 1.77 bits per heavy atom. The molecule has 0 aromatic carbocycles. The van der Waals surface area contributed by atoms with Crippen LogP contribution in [0.4, 0.5) is 0 Å². The predicted octanol–water partition coefficient (Wildman–Crippen LogP) is -0.371. The van der Waals surface area contributed by atoms with Crippen LogP contribution in [0.3, 0.4) is 0 Å². The zero-order valence-electron chi connectivity index (χ0n) is 7.26. The highest BCUT2D eigenvalue weighted by Gasteiger charge is 2.37. The van der Waals surface area contributed by atoms with Crippen molar-refractivity contribution in [3.05, 3.63) is 0 Å². The first-order valence-electron chi connectivity index (χ1n) is 4.08. The average Bonchev–Trinajstić information content (AvgIpc) is 2.34. The van der Waals surface area contributed by atoms with Crippen molar-refractivity contribution in [2.75, 3.05) is 19.6 Å². The standard InChI is InChI=1S/C7H13N3O.2ClH/c11-6-5-9-7(10-6)1-3-8-4-2-7;;/h8-9H,1-5H2,(H,10,11);2*1H. The quantitative estimate of drug-likeness (QED) is 0.530. The molecule has 0 bridgehead atoms. The van der Waals surface area contributed by atoms with Gasteiger partial charge >= 0.3 is 0 Å². The second-order valence-corrected chi connectivity index (χ2v) is 3.23. The van der Waals surface area contributed by atoms with Crippen molar-refractivity contribution in [2.24, 2.45) is 0 Å². The van der Waals surface area contributed by atoms with Crippen molar-refractivity contribution in [1.82, 2.24) is 16.0 Å². The first-order chi connectivity index (χ1) is 5.31. The molecule has 2 heterocycles. The molecule has 0 unspecified atom stereocenters. The lowest BCUT2D eigenvalue weighted by Crippen LogP contribution is -2.55. The maximum atomic E-state index is 10.9. The molecule has 1 spiro atoms. The van der Waals surface area contributed by atoms with Gasteiger partial charge in [0.2, 0.25) is 5.91 Å². The van der Waals surface area contributed by atoms with E-state index in [4.69, 9.17) is 0 Å². The van der Waals surface area contributed by atoms with Crippen molar-refractivity contribution in [3.8, 4) is 0 Å². The van der Waals surface area contributed by atoms with Crippen molar-refractivity contribution < 1.29 is 4.79 Å². The largest absolute Gasteiger partial charge is 0.337 e. The van der Waals surface area contributed by atoms with Gasteiger partial charge in [0.1, 0.15) is 0 Å². The van der Waals surface area contributed by atoms with Gasteiger partial charge in [0.05, 0.1) is 12.2 Å². The highest BCUT2D eigenvalue weighted by molar-refractivity contribution is 5.85. The summed E-state index contributed by atoms with van der Waals surface area (Å²) in [6.45, 7) is 2.47. The summed E-state index contributed by atoms with van der Waals surface area (Å²) >= 11 is 0. The minimum atomic E-state index is -0.0671. The van der Waals surface area contributed by atoms with E-state index in [1.807, 2.05) is 0 Å². The fourth-order valence-corrected chi connectivity index (χ4v) is 1.76. The Labute approximate surface area is 90.0 Å². The lowest BCUT2D eigenvalue weighted by molar-refractivity contribution is -0.119. The van der Waals surface area contributed by atoms with E-state index in [9.17, 15) is 4.79 Å². The first-order valence-corrected chi connectivity index (χ1v) is 4.08. The van der Waals surface area contributed by atoms with Crippen LogP contribution in [0.15, 0.2) is 0 Å². The van der Waals surface area contributed by atoms with Crippen molar-refractivity contribution in [2.45, 2.75) is 18.5 Å². The molecule has 1 amide bonds. The molecule has 0 radical (unpaired) electrons. The van der Waals surface area contributed by atoms with Crippen LogP contribution >= 0.6 is 24.8 Å². The van der Waals surface area contributed by atoms with Crippen LogP contribution in [0.25, 0.3) is 0 Å². The summed E-state index contributed by atoms with van der Waals surface area (Å²) in [5, 5.41) is 9.46. The van der Waals surface area contributed by atoms with Gasteiger partial charge in [0.15, 0.2) is 0 Å². The number of hydrogen-bond acceptors (Lipinski definition) is 3. The smallest absolute Gasteiger partial charge is 0.235 e. The third kappa shape index (κ3) is 2.71. The van der Waals surface area contributed by atoms with E-state index < -0.39 is 0 Å². The predicted molar refractivity (Wildman–Crippen MR) is 55.5 cm³/mol. The van der Waals surface area contributed by atoms with Gasteiger partial charge in [-0.15, -0.1) is 24.8 Å². The summed E-state index contributed by atoms with van der Waals surface area (Å²) in [6.07, 6.45) is 2.00. The minimum absolute atomic E-state index is 0. The molecule has 13 heavy (non-hydrogen) atoms. The summed E-state index contributed by atoms with van der Waals surface area (Å²) < 4.78 is 0. The SMILES string of the molecule is Cl.Cl.O=C1CNC2(CCNCC2)N1. The summed E-state index contributed by atoms with van der Waals surface area (Å²) in [7, 11) is 0. The summed E-state index contributed by atoms with van der Waals surface area (Å²) in [5.41, 5.74) is -0.0671. The summed E-state index contributed by atoms with van der Waals surface area (Å²) in [4.78, 5) is 10.9. The fraction of sp³-hybridized carbons (Fsp3) is 0.857. The Morgan fingerprint density at radius 3 is 2.23 bits per heavy atom. The van der Waals surface area contributed by atoms with Crippen LogP contribution < -0.4 is 16.0 Å². The molecule has 6 heteroatoms. The van der Waals surface area contributed by atoms with Crippen LogP contribution in [0.1, 0.15) is 12.8 Å². The summed E-state index contributed by atoms with van der Waals surface area (Å²) in [6, 6.07) is 0. The lowest BCUT2D eigenvalue weighted by Gasteiger charge is -2.33. The first kappa shape index (κ1) is 13.0. The second-order valence-electron chi connectivity index (χ2n) is 3.23. The zero-order chi connectivity index (χ0) is 7.73. The molecular weight excluding hydrogens is 213 g/mol. The number of halogens is 2. The number of hydrogen-bond donors (Lipinski definition) is 3. The van der Waals surface area contributed by atoms with Gasteiger partial charge in [-0.3, -0.25) is 10.1 Å². The van der Waals surface area contributed by atoms with E-state index in [1.165, 1.54) is 0 Å². The van der Waals surface area contributed by atoms with Gasteiger partial charge in [-0.2, -0.15) is 0 Å². The number of nitrogens with one attached hydrogen (secondary N) is 3. The van der Waals surface area contributed by atoms with Gasteiger partial charge in [0.25, 0.3) is 0 Å². The molecule has 3 N–H and O–H groups in total. The number of carbonyl (C=O) groups excluding carboxylic acids is 1. The molecule has 0 saturated carbocycles. The van der Waals surface area contributed by atoms with Crippen molar-refractivity contribution in [1.29, 1.82) is 0 Å². The van der Waals surface area contributed by atoms with Gasteiger partial charge in [-0.25, -0.2) is 0 Å². The van der Waals surface area contributed by atoms with Crippen LogP contribution in [0, 0.1) is 0 Å². The maximum Gasteiger partial charge on any atom is 0.235 e. The molecular formula is C7H15Cl2N3O. The molecule has 0 aliphatic carbocycles. The molecule has 2 aliphatic rings. The second kappa shape index (κ2) is 5.00. The number of amides is 1. The van der Waals surface area contributed by atoms with E-state index in [-0.39, 0.29) is 36.4 Å². The summed E-state index contributed by atoms with van der Waals surface area (Å²) in [5.74, 6) is 0.131. The van der Waals surface area contributed by atoms with Gasteiger partial charge < -0.3 is 10.6 Å². The maximum absolute atomic E-state index is 10.9. The zero-order valence-corrected chi connectivity index (χ0v) is 8.89. The Bertz CT molecular complexity index is 183. The van der Waals surface area contributed by atoms with E-state index in [0.717, 1.165) is 25.9 Å². The highest BCUT2D eigenvalue weighted by Crippen LogP contribution is 2.17. The van der Waals surface area contributed by atoms with Gasteiger partial charge in [-0.1, -0.05) is 0 Å². The Hall–Kier alpha value is -0.0300. The fourth-order valence-electron chi connectivity index (χ4n) is 1.76. The molecule has 78 valence electrons. The third-order valence-electron chi connectivity index (χ3n) is 2.42. The van der Waals surface area contributed by atoms with Crippen molar-refractivity contribution >= 4 is 30.7 Å². The highest BCUT2D eigenvalue weighted by atomic mass is 35.5. The van der Waals surface area contributed by atoms with Gasteiger partial charge in [-0.05, 0) is 25.9 Å². The van der Waals surface area contributed by atoms with Gasteiger partial charge in [0, 0.05) is 0 Å². The Balaban J connectivity index is 0.000000720. The average molecular weight is 228 g/mol. The topological polar surface area (TPSA) is 53.2 Å². The van der Waals surface area contributed by atoms with Crippen LogP contribution in [0.2, 0.25) is 0 Å². The Kier molecular flexibility index (Phi) is 4.99. The van der Waals surface area contributed by atoms with E-state index in [1.54, 1.807) is 0 Å². The molecule has 2 aliphatic heterocycles. The molecule has 2 fully saturated rings. The molecule has 0 aromatic rings. The number of piperidine rings is 1. The van der Waals surface area contributed by atoms with Crippen LogP contribution in [-0.4, -0.2) is 31.2 Å². The monoisotopic (exact) mass is 227 g/mol. The normalized spacial score (nSPS) is 24.5. The molecule has 0 atom stereocenters. The van der Waals surface area contributed by atoms with E-state index in [2.05, 4.69) is 16.0 Å². The van der Waals surface area contributed by atoms with E-state index in [0.29, 0.717) is 6.54 Å². The van der Waals surface area contributed by atoms with E-state index >= 15 is 0 Å². The molecule has 2 rings (SSSR count). The Morgan fingerprint density at radius 1 is 1.15 bits per heavy atom. The number of rotatable bonds is 0.